The largest absolute Gasteiger partial charge is 0.497 e. The van der Waals surface area contributed by atoms with E-state index in [0.717, 1.165) is 35.8 Å². The smallest absolute Gasteiger partial charge is 0.228 e. The van der Waals surface area contributed by atoms with Crippen molar-refractivity contribution in [2.24, 2.45) is 5.73 Å². The zero-order valence-corrected chi connectivity index (χ0v) is 14.7. The number of rotatable bonds is 5. The summed E-state index contributed by atoms with van der Waals surface area (Å²) in [4.78, 5) is 14.6. The zero-order valence-electron chi connectivity index (χ0n) is 14.7. The van der Waals surface area contributed by atoms with Gasteiger partial charge in [0.1, 0.15) is 11.5 Å². The number of nitrogens with zero attached hydrogens (tertiary/aromatic N) is 1. The molecule has 1 saturated heterocycles. The minimum absolute atomic E-state index is 0.277. The van der Waals surface area contributed by atoms with Gasteiger partial charge >= 0.3 is 0 Å². The molecule has 5 nitrogen and oxygen atoms in total. The molecule has 25 heavy (non-hydrogen) atoms. The number of methoxy groups -OCH3 is 2. The van der Waals surface area contributed by atoms with Gasteiger partial charge in [0.2, 0.25) is 5.91 Å². The predicted molar refractivity (Wildman–Crippen MR) is 98.3 cm³/mol. The highest BCUT2D eigenvalue weighted by Gasteiger charge is 2.42. The Balaban J connectivity index is 1.87. The zero-order chi connectivity index (χ0) is 17.9. The topological polar surface area (TPSA) is 64.8 Å². The molecule has 1 amide bonds. The number of carbonyl (C=O) groups is 1. The van der Waals surface area contributed by atoms with Crippen LogP contribution >= 0.6 is 0 Å². The van der Waals surface area contributed by atoms with Crippen molar-refractivity contribution in [3.05, 3.63) is 54.1 Å². The van der Waals surface area contributed by atoms with Crippen LogP contribution in [0, 0.1) is 0 Å². The number of amides is 1. The average Bonchev–Trinajstić information content (AvgIpc) is 2.68. The molecule has 0 unspecified atom stereocenters. The van der Waals surface area contributed by atoms with E-state index in [0.29, 0.717) is 12.8 Å². The quantitative estimate of drug-likeness (QED) is 0.909. The predicted octanol–water partition coefficient (Wildman–Crippen LogP) is 2.73. The lowest BCUT2D eigenvalue weighted by Gasteiger charge is -2.41. The molecule has 2 N–H and O–H groups in total. The summed E-state index contributed by atoms with van der Waals surface area (Å²) in [6.07, 6.45) is 1.32. The Morgan fingerprint density at radius 2 is 1.76 bits per heavy atom. The van der Waals surface area contributed by atoms with Crippen LogP contribution in [0.4, 0.5) is 5.69 Å². The van der Waals surface area contributed by atoms with Gasteiger partial charge in [-0.15, -0.1) is 0 Å². The van der Waals surface area contributed by atoms with Crippen LogP contribution in [-0.2, 0) is 10.2 Å². The fourth-order valence-corrected chi connectivity index (χ4v) is 3.62. The minimum atomic E-state index is -0.660. The number of ether oxygens (including phenoxy) is 2. The molecule has 3 rings (SSSR count). The maximum atomic E-state index is 12.4. The average molecular weight is 340 g/mol. The van der Waals surface area contributed by atoms with Crippen LogP contribution in [0.1, 0.15) is 18.4 Å². The summed E-state index contributed by atoms with van der Waals surface area (Å²) < 4.78 is 10.8. The number of anilines is 1. The Hall–Kier alpha value is -2.69. The number of hydrogen-bond acceptors (Lipinski definition) is 4. The SMILES string of the molecule is COc1cccc(C2(C(N)=O)CCN(c3ccccc3OC)CC2)c1. The van der Waals surface area contributed by atoms with E-state index >= 15 is 0 Å². The van der Waals surface area contributed by atoms with E-state index in [1.807, 2.05) is 48.5 Å². The molecule has 2 aromatic carbocycles. The van der Waals surface area contributed by atoms with Crippen LogP contribution in [0.25, 0.3) is 0 Å². The van der Waals surface area contributed by atoms with Crippen LogP contribution in [0.15, 0.2) is 48.5 Å². The van der Waals surface area contributed by atoms with Crippen molar-refractivity contribution in [2.75, 3.05) is 32.2 Å². The highest BCUT2D eigenvalue weighted by Crippen LogP contribution is 2.39. The van der Waals surface area contributed by atoms with Gasteiger partial charge in [0.25, 0.3) is 0 Å². The summed E-state index contributed by atoms with van der Waals surface area (Å²) in [7, 11) is 3.30. The van der Waals surface area contributed by atoms with Crippen molar-refractivity contribution in [3.8, 4) is 11.5 Å². The van der Waals surface area contributed by atoms with Crippen molar-refractivity contribution < 1.29 is 14.3 Å². The first-order chi connectivity index (χ1) is 12.1. The second kappa shape index (κ2) is 7.05. The number of primary amides is 1. The lowest BCUT2D eigenvalue weighted by molar-refractivity contribution is -0.124. The molecular weight excluding hydrogens is 316 g/mol. The number of piperidine rings is 1. The lowest BCUT2D eigenvalue weighted by atomic mass is 9.72. The van der Waals surface area contributed by atoms with E-state index in [1.54, 1.807) is 14.2 Å². The van der Waals surface area contributed by atoms with Gasteiger partial charge in [-0.2, -0.15) is 0 Å². The first kappa shape index (κ1) is 17.1. The summed E-state index contributed by atoms with van der Waals surface area (Å²) in [5.74, 6) is 1.31. The van der Waals surface area contributed by atoms with Gasteiger partial charge in [0, 0.05) is 13.1 Å². The van der Waals surface area contributed by atoms with Gasteiger partial charge in [0.15, 0.2) is 0 Å². The van der Waals surface area contributed by atoms with Gasteiger partial charge in [0.05, 0.1) is 25.3 Å². The molecule has 2 aromatic rings. The summed E-state index contributed by atoms with van der Waals surface area (Å²) in [6, 6.07) is 15.6. The first-order valence-corrected chi connectivity index (χ1v) is 8.43. The highest BCUT2D eigenvalue weighted by molar-refractivity contribution is 5.87. The van der Waals surface area contributed by atoms with Gasteiger partial charge < -0.3 is 20.1 Å². The van der Waals surface area contributed by atoms with Crippen molar-refractivity contribution in [2.45, 2.75) is 18.3 Å². The Kier molecular flexibility index (Phi) is 4.83. The van der Waals surface area contributed by atoms with Crippen molar-refractivity contribution in [3.63, 3.8) is 0 Å². The molecule has 0 spiro atoms. The normalized spacial score (nSPS) is 16.3. The summed E-state index contributed by atoms with van der Waals surface area (Å²) >= 11 is 0. The molecule has 1 aliphatic heterocycles. The third kappa shape index (κ3) is 3.14. The number of hydrogen-bond donors (Lipinski definition) is 1. The second-order valence-electron chi connectivity index (χ2n) is 6.34. The van der Waals surface area contributed by atoms with Gasteiger partial charge in [-0.1, -0.05) is 24.3 Å². The van der Waals surface area contributed by atoms with Crippen molar-refractivity contribution >= 4 is 11.6 Å². The number of benzene rings is 2. The molecule has 1 aliphatic rings. The number of nitrogens with two attached hydrogens (primary N) is 1. The van der Waals surface area contributed by atoms with E-state index < -0.39 is 5.41 Å². The van der Waals surface area contributed by atoms with Gasteiger partial charge in [-0.05, 0) is 42.7 Å². The van der Waals surface area contributed by atoms with E-state index in [4.69, 9.17) is 15.2 Å². The van der Waals surface area contributed by atoms with Crippen molar-refractivity contribution in [1.82, 2.24) is 0 Å². The van der Waals surface area contributed by atoms with E-state index in [2.05, 4.69) is 4.90 Å². The second-order valence-corrected chi connectivity index (χ2v) is 6.34. The summed E-state index contributed by atoms with van der Waals surface area (Å²) in [5.41, 5.74) is 7.16. The maximum Gasteiger partial charge on any atom is 0.228 e. The molecule has 0 aliphatic carbocycles. The van der Waals surface area contributed by atoms with E-state index in [-0.39, 0.29) is 5.91 Å². The summed E-state index contributed by atoms with van der Waals surface area (Å²) in [5, 5.41) is 0. The Morgan fingerprint density at radius 3 is 2.40 bits per heavy atom. The van der Waals surface area contributed by atoms with E-state index in [9.17, 15) is 4.79 Å². The molecule has 5 heteroatoms. The fraction of sp³-hybridized carbons (Fsp3) is 0.350. The standard InChI is InChI=1S/C20H24N2O3/c1-24-16-7-5-6-15(14-16)20(19(21)23)10-12-22(13-11-20)17-8-3-4-9-18(17)25-2/h3-9,14H,10-13H2,1-2H3,(H2,21,23). The molecule has 0 radical (unpaired) electrons. The fourth-order valence-electron chi connectivity index (χ4n) is 3.62. The molecule has 0 saturated carbocycles. The lowest BCUT2D eigenvalue weighted by Crippen LogP contribution is -2.50. The van der Waals surface area contributed by atoms with Crippen LogP contribution in [0.5, 0.6) is 11.5 Å². The Bertz CT molecular complexity index is 752. The molecule has 132 valence electrons. The Morgan fingerprint density at radius 1 is 1.04 bits per heavy atom. The van der Waals surface area contributed by atoms with Crippen LogP contribution in [0.3, 0.4) is 0 Å². The molecule has 0 aromatic heterocycles. The van der Waals surface area contributed by atoms with Crippen LogP contribution < -0.4 is 20.1 Å². The monoisotopic (exact) mass is 340 g/mol. The molecule has 0 bridgehead atoms. The van der Waals surface area contributed by atoms with Gasteiger partial charge in [-0.3, -0.25) is 4.79 Å². The van der Waals surface area contributed by atoms with Crippen LogP contribution in [-0.4, -0.2) is 33.2 Å². The number of carbonyl (C=O) groups excluding carboxylic acids is 1. The molecular formula is C20H24N2O3. The third-order valence-electron chi connectivity index (χ3n) is 5.14. The molecule has 1 fully saturated rings. The van der Waals surface area contributed by atoms with Crippen molar-refractivity contribution in [1.29, 1.82) is 0 Å². The van der Waals surface area contributed by atoms with Crippen LogP contribution in [0.2, 0.25) is 0 Å². The van der Waals surface area contributed by atoms with Gasteiger partial charge in [-0.25, -0.2) is 0 Å². The summed E-state index contributed by atoms with van der Waals surface area (Å²) in [6.45, 7) is 1.47. The Labute approximate surface area is 148 Å². The highest BCUT2D eigenvalue weighted by atomic mass is 16.5. The molecule has 0 atom stereocenters. The minimum Gasteiger partial charge on any atom is -0.497 e. The third-order valence-corrected chi connectivity index (χ3v) is 5.14. The van der Waals surface area contributed by atoms with E-state index in [1.165, 1.54) is 0 Å². The maximum absolute atomic E-state index is 12.4. The first-order valence-electron chi connectivity index (χ1n) is 8.43. The molecule has 1 heterocycles. The number of para-hydroxylation sites is 2.